The van der Waals surface area contributed by atoms with Crippen molar-refractivity contribution >= 4 is 50.6 Å². The van der Waals surface area contributed by atoms with Crippen LogP contribution in [0.15, 0.2) is 28.9 Å². The highest BCUT2D eigenvalue weighted by atomic mass is 35.5. The minimum atomic E-state index is -5.47. The number of hydrogen-bond donors (Lipinski definition) is 1. The van der Waals surface area contributed by atoms with Crippen LogP contribution >= 0.6 is 34.7 Å². The minimum absolute atomic E-state index is 0.105. The Morgan fingerprint density at radius 3 is 2.34 bits per heavy atom. The van der Waals surface area contributed by atoms with E-state index in [2.05, 4.69) is 15.0 Å². The van der Waals surface area contributed by atoms with Gasteiger partial charge in [0.1, 0.15) is 11.0 Å². The van der Waals surface area contributed by atoms with Crippen molar-refractivity contribution < 1.29 is 26.3 Å². The summed E-state index contributed by atoms with van der Waals surface area (Å²) in [5, 5.41) is 0.562. The van der Waals surface area contributed by atoms with Gasteiger partial charge in [-0.1, -0.05) is 23.4 Å². The van der Waals surface area contributed by atoms with Crippen LogP contribution in [0.1, 0.15) is 29.3 Å². The van der Waals surface area contributed by atoms with Crippen LogP contribution in [0.3, 0.4) is 0 Å². The summed E-state index contributed by atoms with van der Waals surface area (Å²) in [6.45, 7) is 1.66. The summed E-state index contributed by atoms with van der Waals surface area (Å²) < 4.78 is 79.1. The van der Waals surface area contributed by atoms with Crippen LogP contribution in [0.4, 0.5) is 32.2 Å². The summed E-state index contributed by atoms with van der Waals surface area (Å²) in [7, 11) is 0. The van der Waals surface area contributed by atoms with Crippen LogP contribution in [0.2, 0.25) is 5.15 Å². The lowest BCUT2D eigenvalue weighted by Crippen LogP contribution is -2.33. The van der Waals surface area contributed by atoms with Gasteiger partial charge >= 0.3 is 12.4 Å². The van der Waals surface area contributed by atoms with E-state index in [-0.39, 0.29) is 31.9 Å². The molecule has 0 fully saturated rings. The van der Waals surface area contributed by atoms with Crippen molar-refractivity contribution in [3.05, 3.63) is 40.1 Å². The fourth-order valence-electron chi connectivity index (χ4n) is 2.64. The Balaban J connectivity index is 2.00. The highest BCUT2D eigenvalue weighted by molar-refractivity contribution is 7.99. The molecule has 0 aliphatic rings. The fourth-order valence-corrected chi connectivity index (χ4v) is 4.69. The molecule has 13 heteroatoms. The largest absolute Gasteiger partial charge is 0.404 e. The molecule has 1 unspecified atom stereocenters. The zero-order chi connectivity index (χ0) is 21.6. The molecule has 3 aromatic rings. The van der Waals surface area contributed by atoms with E-state index in [1.165, 1.54) is 18.3 Å². The lowest BCUT2D eigenvalue weighted by Gasteiger charge is -2.22. The monoisotopic (exact) mass is 472 g/mol. The molecule has 0 aliphatic carbocycles. The Kier molecular flexibility index (Phi) is 5.89. The Morgan fingerprint density at radius 1 is 1.10 bits per heavy atom. The number of rotatable bonds is 4. The number of nitrogen functional groups attached to an aromatic ring is 1. The predicted molar refractivity (Wildman–Crippen MR) is 100 cm³/mol. The molecule has 0 spiro atoms. The molecule has 0 saturated carbocycles. The van der Waals surface area contributed by atoms with E-state index >= 15 is 0 Å². The average Bonchev–Trinajstić information content (AvgIpc) is 2.94. The summed E-state index contributed by atoms with van der Waals surface area (Å²) in [5.41, 5.74) is 5.02. The normalized spacial score (nSPS) is 14.0. The van der Waals surface area contributed by atoms with Crippen LogP contribution in [-0.2, 0) is 0 Å². The van der Waals surface area contributed by atoms with Gasteiger partial charge in [0.2, 0.25) is 0 Å². The molecule has 0 bridgehead atoms. The van der Waals surface area contributed by atoms with Gasteiger partial charge in [-0.3, -0.25) is 4.98 Å². The van der Waals surface area contributed by atoms with Crippen molar-refractivity contribution in [1.82, 2.24) is 15.0 Å². The van der Waals surface area contributed by atoms with Crippen molar-refractivity contribution in [3.8, 4) is 0 Å². The number of anilines is 1. The van der Waals surface area contributed by atoms with Gasteiger partial charge < -0.3 is 5.73 Å². The SMILES string of the molecule is CC(Sc1nc(N)cc(Cl)n1)c1cc2c(C(C(F)(F)F)C(F)(F)F)csc2cn1. The van der Waals surface area contributed by atoms with Crippen LogP contribution in [0, 0.1) is 0 Å². The number of halogens is 7. The second-order valence-corrected chi connectivity index (χ2v) is 8.58. The number of pyridine rings is 1. The number of nitrogens with two attached hydrogens (primary N) is 1. The minimum Gasteiger partial charge on any atom is -0.384 e. The van der Waals surface area contributed by atoms with Gasteiger partial charge in [-0.05, 0) is 23.9 Å². The first kappa shape index (κ1) is 21.9. The van der Waals surface area contributed by atoms with Gasteiger partial charge in [0.05, 0.1) is 15.6 Å². The Morgan fingerprint density at radius 2 is 1.76 bits per heavy atom. The Bertz CT molecular complexity index is 1000. The van der Waals surface area contributed by atoms with Crippen molar-refractivity contribution in [1.29, 1.82) is 0 Å². The quantitative estimate of drug-likeness (QED) is 0.206. The molecule has 0 radical (unpaired) electrons. The number of thiophene rings is 1. The molecule has 0 amide bonds. The van der Waals surface area contributed by atoms with Crippen molar-refractivity contribution in [2.75, 3.05) is 5.73 Å². The van der Waals surface area contributed by atoms with E-state index in [0.717, 1.165) is 28.5 Å². The van der Waals surface area contributed by atoms with Gasteiger partial charge in [0.15, 0.2) is 11.1 Å². The summed E-state index contributed by atoms with van der Waals surface area (Å²) in [4.78, 5) is 12.1. The standard InChI is InChI=1S/C16H11ClF6N4S2/c1-6(29-14-26-11(17)3-12(24)27-14)9-2-7-8(5-28-10(7)4-25-9)13(15(18,19)20)16(21,22)23/h2-6,13H,1H3,(H2,24,26,27). The van der Waals surface area contributed by atoms with Gasteiger partial charge in [-0.25, -0.2) is 9.97 Å². The zero-order valence-electron chi connectivity index (χ0n) is 14.3. The summed E-state index contributed by atoms with van der Waals surface area (Å²) in [6.07, 6.45) is -9.68. The molecule has 0 aliphatic heterocycles. The van der Waals surface area contributed by atoms with Crippen molar-refractivity contribution in [2.45, 2.75) is 35.6 Å². The fraction of sp³-hybridized carbons (Fsp3) is 0.312. The van der Waals surface area contributed by atoms with Crippen LogP contribution < -0.4 is 5.73 Å². The molecule has 156 valence electrons. The topological polar surface area (TPSA) is 64.7 Å². The van der Waals surface area contributed by atoms with E-state index in [0.29, 0.717) is 0 Å². The summed E-state index contributed by atoms with van der Waals surface area (Å²) in [5.74, 6) is -3.44. The number of hydrogen-bond acceptors (Lipinski definition) is 6. The molecule has 3 heterocycles. The molecule has 3 aromatic heterocycles. The number of alkyl halides is 6. The van der Waals surface area contributed by atoms with E-state index in [9.17, 15) is 26.3 Å². The highest BCUT2D eigenvalue weighted by Crippen LogP contribution is 2.49. The average molecular weight is 473 g/mol. The first-order valence-electron chi connectivity index (χ1n) is 7.83. The lowest BCUT2D eigenvalue weighted by atomic mass is 9.97. The molecule has 0 saturated heterocycles. The molecule has 0 aromatic carbocycles. The summed E-state index contributed by atoms with van der Waals surface area (Å²) >= 11 is 7.66. The number of fused-ring (bicyclic) bond motifs is 1. The van der Waals surface area contributed by atoms with E-state index in [1.54, 1.807) is 6.92 Å². The first-order chi connectivity index (χ1) is 13.4. The van der Waals surface area contributed by atoms with Gasteiger partial charge in [0, 0.05) is 17.6 Å². The molecule has 4 nitrogen and oxygen atoms in total. The second-order valence-electron chi connectivity index (χ2n) is 5.97. The van der Waals surface area contributed by atoms with Crippen molar-refractivity contribution in [3.63, 3.8) is 0 Å². The highest BCUT2D eigenvalue weighted by Gasteiger charge is 2.58. The van der Waals surface area contributed by atoms with Gasteiger partial charge in [-0.15, -0.1) is 11.3 Å². The number of aromatic nitrogens is 3. The molecule has 3 rings (SSSR count). The van der Waals surface area contributed by atoms with E-state index < -0.39 is 29.1 Å². The van der Waals surface area contributed by atoms with E-state index in [1.807, 2.05) is 0 Å². The number of thioether (sulfide) groups is 1. The zero-order valence-corrected chi connectivity index (χ0v) is 16.7. The maximum Gasteiger partial charge on any atom is 0.404 e. The van der Waals surface area contributed by atoms with Gasteiger partial charge in [0.25, 0.3) is 0 Å². The third-order valence-corrected chi connectivity index (χ3v) is 6.00. The van der Waals surface area contributed by atoms with Crippen LogP contribution in [0.25, 0.3) is 10.1 Å². The smallest absolute Gasteiger partial charge is 0.384 e. The summed E-state index contributed by atoms with van der Waals surface area (Å²) in [6, 6.07) is 2.57. The van der Waals surface area contributed by atoms with Crippen LogP contribution in [0.5, 0.6) is 0 Å². The van der Waals surface area contributed by atoms with Crippen molar-refractivity contribution in [2.24, 2.45) is 0 Å². The maximum atomic E-state index is 13.2. The first-order valence-corrected chi connectivity index (χ1v) is 9.97. The molecular formula is C16H11ClF6N4S2. The molecule has 1 atom stereocenters. The third kappa shape index (κ3) is 4.86. The molecule has 2 N–H and O–H groups in total. The maximum absolute atomic E-state index is 13.2. The molecule has 29 heavy (non-hydrogen) atoms. The number of nitrogens with zero attached hydrogens (tertiary/aromatic N) is 3. The van der Waals surface area contributed by atoms with Gasteiger partial charge in [-0.2, -0.15) is 26.3 Å². The Labute approximate surface area is 173 Å². The predicted octanol–water partition coefficient (Wildman–Crippen LogP) is 6.38. The molecular weight excluding hydrogens is 462 g/mol. The van der Waals surface area contributed by atoms with Crippen LogP contribution in [-0.4, -0.2) is 27.3 Å². The Hall–Kier alpha value is -1.79. The third-order valence-electron chi connectivity index (χ3n) is 3.87. The van der Waals surface area contributed by atoms with E-state index in [4.69, 9.17) is 17.3 Å². The second kappa shape index (κ2) is 7.80. The lowest BCUT2D eigenvalue weighted by molar-refractivity contribution is -0.253.